The van der Waals surface area contributed by atoms with Crippen LogP contribution in [0.2, 0.25) is 0 Å². The van der Waals surface area contributed by atoms with Crippen molar-refractivity contribution in [3.8, 4) is 0 Å². The molecule has 3 heteroatoms. The van der Waals surface area contributed by atoms with E-state index >= 15 is 0 Å². The maximum absolute atomic E-state index is 12.8. The van der Waals surface area contributed by atoms with Crippen LogP contribution < -0.4 is 5.19 Å². The monoisotopic (exact) mass is 196 g/mol. The third kappa shape index (κ3) is 2.31. The minimum Gasteiger partial charge on any atom is -0.339 e. The first-order chi connectivity index (χ1) is 5.93. The zero-order valence-electron chi connectivity index (χ0n) is 8.10. The molecule has 0 aliphatic carbocycles. The number of rotatable bonds is 1. The molecule has 0 bridgehead atoms. The Hall–Kier alpha value is -0.833. The topological polar surface area (TPSA) is 17.1 Å². The molecule has 0 saturated heterocycles. The van der Waals surface area contributed by atoms with E-state index in [0.717, 1.165) is 5.56 Å². The van der Waals surface area contributed by atoms with Gasteiger partial charge in [-0.05, 0) is 11.0 Å². The molecule has 0 spiro atoms. The van der Waals surface area contributed by atoms with Crippen LogP contribution in [0.25, 0.3) is 0 Å². The molecular formula is C10H13FOSi. The van der Waals surface area contributed by atoms with E-state index < -0.39 is 9.02 Å². The Balaban J connectivity index is 3.28. The quantitative estimate of drug-likeness (QED) is 0.496. The molecule has 0 unspecified atom stereocenters. The first kappa shape index (κ1) is 10.2. The molecule has 0 radical (unpaired) electrons. The highest BCUT2D eigenvalue weighted by Gasteiger charge is 2.21. The van der Waals surface area contributed by atoms with E-state index in [4.69, 9.17) is 0 Å². The summed E-state index contributed by atoms with van der Waals surface area (Å²) in [5.74, 6) is 0. The van der Waals surface area contributed by atoms with E-state index in [1.54, 1.807) is 12.1 Å². The van der Waals surface area contributed by atoms with Crippen LogP contribution >= 0.6 is 0 Å². The molecule has 0 aliphatic rings. The lowest BCUT2D eigenvalue weighted by atomic mass is 9.87. The average Bonchev–Trinajstić information content (AvgIpc) is 2.03. The summed E-state index contributed by atoms with van der Waals surface area (Å²) in [6.07, 6.45) is 0. The van der Waals surface area contributed by atoms with Gasteiger partial charge in [-0.3, -0.25) is 0 Å². The van der Waals surface area contributed by atoms with Gasteiger partial charge < -0.3 is 4.46 Å². The van der Waals surface area contributed by atoms with Gasteiger partial charge in [-0.15, -0.1) is 0 Å². The average molecular weight is 196 g/mol. The van der Waals surface area contributed by atoms with Crippen LogP contribution in [0.1, 0.15) is 26.3 Å². The van der Waals surface area contributed by atoms with Crippen molar-refractivity contribution in [3.05, 3.63) is 29.8 Å². The van der Waals surface area contributed by atoms with Crippen molar-refractivity contribution in [2.24, 2.45) is 0 Å². The molecule has 1 rings (SSSR count). The van der Waals surface area contributed by atoms with Crippen molar-refractivity contribution in [1.29, 1.82) is 0 Å². The van der Waals surface area contributed by atoms with Crippen LogP contribution in [0.3, 0.4) is 0 Å². The van der Waals surface area contributed by atoms with Crippen LogP contribution in [0, 0.1) is 0 Å². The SMILES string of the molecule is CC(C)(C)c1ccccc1[Si](=O)F. The van der Waals surface area contributed by atoms with E-state index in [0.29, 0.717) is 5.19 Å². The third-order valence-corrected chi connectivity index (χ3v) is 2.81. The molecule has 13 heavy (non-hydrogen) atoms. The van der Waals surface area contributed by atoms with Gasteiger partial charge in [-0.25, -0.2) is 4.11 Å². The maximum Gasteiger partial charge on any atom is 0.518 e. The molecule has 70 valence electrons. The zero-order valence-corrected chi connectivity index (χ0v) is 9.10. The van der Waals surface area contributed by atoms with E-state index in [-0.39, 0.29) is 5.41 Å². The summed E-state index contributed by atoms with van der Waals surface area (Å²) in [5, 5.41) is 0.361. The minimum atomic E-state index is -3.07. The number of hydrogen-bond donors (Lipinski definition) is 0. The van der Waals surface area contributed by atoms with Crippen LogP contribution in [0.4, 0.5) is 4.11 Å². The molecule has 0 atom stereocenters. The van der Waals surface area contributed by atoms with E-state index in [1.807, 2.05) is 32.9 Å². The van der Waals surface area contributed by atoms with E-state index in [2.05, 4.69) is 0 Å². The number of halogens is 1. The van der Waals surface area contributed by atoms with Gasteiger partial charge >= 0.3 is 9.02 Å². The number of hydrogen-bond acceptors (Lipinski definition) is 1. The third-order valence-electron chi connectivity index (χ3n) is 1.95. The molecule has 0 heterocycles. The number of benzene rings is 1. The van der Waals surface area contributed by atoms with Crippen molar-refractivity contribution < 1.29 is 8.57 Å². The lowest BCUT2D eigenvalue weighted by Crippen LogP contribution is -2.28. The molecule has 0 aliphatic heterocycles. The Morgan fingerprint density at radius 2 is 1.77 bits per heavy atom. The molecule has 0 aromatic heterocycles. The second-order valence-corrected chi connectivity index (χ2v) is 5.16. The van der Waals surface area contributed by atoms with Gasteiger partial charge in [0.25, 0.3) is 0 Å². The normalized spacial score (nSPS) is 11.4. The van der Waals surface area contributed by atoms with Crippen molar-refractivity contribution in [1.82, 2.24) is 0 Å². The molecule has 0 N–H and O–H groups in total. The molecule has 1 aromatic rings. The van der Waals surface area contributed by atoms with Crippen LogP contribution in [-0.4, -0.2) is 9.02 Å². The standard InChI is InChI=1S/C10H13FOSi/c1-10(2,3)8-6-4-5-7-9(8)13(11)12/h4-7H,1-3H3. The summed E-state index contributed by atoms with van der Waals surface area (Å²) in [6, 6.07) is 6.99. The highest BCUT2D eigenvalue weighted by atomic mass is 28.3. The zero-order chi connectivity index (χ0) is 10.1. The van der Waals surface area contributed by atoms with Crippen LogP contribution in [0.5, 0.6) is 0 Å². The Morgan fingerprint density at radius 3 is 2.15 bits per heavy atom. The first-order valence-electron chi connectivity index (χ1n) is 4.22. The molecular weight excluding hydrogens is 183 g/mol. The van der Waals surface area contributed by atoms with Crippen molar-refractivity contribution in [3.63, 3.8) is 0 Å². The van der Waals surface area contributed by atoms with Crippen molar-refractivity contribution in [2.75, 3.05) is 0 Å². The Bertz CT molecular complexity index is 328. The Morgan fingerprint density at radius 1 is 1.23 bits per heavy atom. The predicted octanol–water partition coefficient (Wildman–Crippen LogP) is 2.08. The lowest BCUT2D eigenvalue weighted by molar-refractivity contribution is 0.526. The van der Waals surface area contributed by atoms with Gasteiger partial charge in [-0.1, -0.05) is 45.0 Å². The van der Waals surface area contributed by atoms with E-state index in [9.17, 15) is 8.57 Å². The Kier molecular flexibility index (Phi) is 2.76. The minimum absolute atomic E-state index is 0.150. The smallest absolute Gasteiger partial charge is 0.339 e. The lowest BCUT2D eigenvalue weighted by Gasteiger charge is -2.20. The first-order valence-corrected chi connectivity index (χ1v) is 5.51. The van der Waals surface area contributed by atoms with Gasteiger partial charge in [0, 0.05) is 5.19 Å². The van der Waals surface area contributed by atoms with Gasteiger partial charge in [0.15, 0.2) is 0 Å². The second kappa shape index (κ2) is 3.50. The molecule has 1 nitrogen and oxygen atoms in total. The maximum atomic E-state index is 12.8. The van der Waals surface area contributed by atoms with Crippen LogP contribution in [-0.2, 0) is 9.88 Å². The molecule has 1 aromatic carbocycles. The van der Waals surface area contributed by atoms with Gasteiger partial charge in [0.1, 0.15) is 0 Å². The fraction of sp³-hybridized carbons (Fsp3) is 0.400. The predicted molar refractivity (Wildman–Crippen MR) is 52.3 cm³/mol. The highest BCUT2D eigenvalue weighted by molar-refractivity contribution is 6.53. The Labute approximate surface area is 79.4 Å². The van der Waals surface area contributed by atoms with Crippen molar-refractivity contribution in [2.45, 2.75) is 26.2 Å². The summed E-state index contributed by atoms with van der Waals surface area (Å²) in [7, 11) is -3.07. The summed E-state index contributed by atoms with van der Waals surface area (Å²) >= 11 is 0. The van der Waals surface area contributed by atoms with Crippen molar-refractivity contribution >= 4 is 14.2 Å². The van der Waals surface area contributed by atoms with Gasteiger partial charge in [0.2, 0.25) is 0 Å². The van der Waals surface area contributed by atoms with Gasteiger partial charge in [-0.2, -0.15) is 0 Å². The fourth-order valence-corrected chi connectivity index (χ4v) is 2.21. The molecule has 0 fully saturated rings. The summed E-state index contributed by atoms with van der Waals surface area (Å²) in [5.41, 5.74) is 0.685. The second-order valence-electron chi connectivity index (χ2n) is 4.07. The summed E-state index contributed by atoms with van der Waals surface area (Å²) in [4.78, 5) is 0. The molecule has 0 saturated carbocycles. The largest absolute Gasteiger partial charge is 0.518 e. The van der Waals surface area contributed by atoms with Crippen LogP contribution in [0.15, 0.2) is 24.3 Å². The molecule has 0 amide bonds. The highest BCUT2D eigenvalue weighted by Crippen LogP contribution is 2.19. The van der Waals surface area contributed by atoms with Gasteiger partial charge in [0.05, 0.1) is 0 Å². The fourth-order valence-electron chi connectivity index (χ4n) is 1.31. The summed E-state index contributed by atoms with van der Waals surface area (Å²) < 4.78 is 23.6. The van der Waals surface area contributed by atoms with E-state index in [1.165, 1.54) is 0 Å². The summed E-state index contributed by atoms with van der Waals surface area (Å²) in [6.45, 7) is 5.95.